The Morgan fingerprint density at radius 3 is 1.76 bits per heavy atom. The number of fused-ring (bicyclic) bond motifs is 7. The number of benzene rings is 6. The van der Waals surface area contributed by atoms with Crippen molar-refractivity contribution in [1.82, 2.24) is 9.13 Å². The van der Waals surface area contributed by atoms with Crippen LogP contribution in [0.25, 0.3) is 66.6 Å². The lowest BCUT2D eigenvalue weighted by molar-refractivity contribution is 0.821. The van der Waals surface area contributed by atoms with Crippen molar-refractivity contribution in [1.29, 1.82) is 0 Å². The van der Waals surface area contributed by atoms with Crippen molar-refractivity contribution in [3.63, 3.8) is 0 Å². The third kappa shape index (κ3) is 5.14. The van der Waals surface area contributed by atoms with Gasteiger partial charge in [-0.25, -0.2) is 0 Å². The summed E-state index contributed by atoms with van der Waals surface area (Å²) in [6.07, 6.45) is 11.8. The molecule has 9 rings (SSSR count). The second kappa shape index (κ2) is 12.7. The Hall–Kier alpha value is -6.56. The van der Waals surface area contributed by atoms with Gasteiger partial charge in [-0.3, -0.25) is 0 Å². The van der Waals surface area contributed by atoms with Crippen LogP contribution in [0.2, 0.25) is 0 Å². The van der Waals surface area contributed by atoms with Gasteiger partial charge in [0.15, 0.2) is 0 Å². The molecule has 1 aliphatic carbocycles. The summed E-state index contributed by atoms with van der Waals surface area (Å²) in [5.41, 5.74) is 17.2. The van der Waals surface area contributed by atoms with Gasteiger partial charge in [-0.1, -0.05) is 139 Å². The highest BCUT2D eigenvalue weighted by Gasteiger charge is 2.31. The monoisotopic (exact) mass is 652 g/mol. The van der Waals surface area contributed by atoms with Crippen molar-refractivity contribution in [2.75, 3.05) is 0 Å². The largest absolute Gasteiger partial charge is 0.313 e. The number of nitrogens with zero attached hydrogens (tertiary/aromatic N) is 2. The van der Waals surface area contributed by atoms with Crippen molar-refractivity contribution in [3.8, 4) is 46.0 Å². The molecule has 0 aliphatic heterocycles. The van der Waals surface area contributed by atoms with Gasteiger partial charge in [0.1, 0.15) is 0 Å². The molecular weight excluding hydrogens is 617 g/mol. The van der Waals surface area contributed by atoms with E-state index in [2.05, 4.69) is 180 Å². The smallest absolute Gasteiger partial charge is 0.0538 e. The average molecular weight is 653 g/mol. The molecule has 0 N–H and O–H groups in total. The maximum absolute atomic E-state index is 5.81. The van der Waals surface area contributed by atoms with E-state index in [-0.39, 0.29) is 0 Å². The standard InChI is InChI=1S/C49H36N2/c1-3-16-38(36-19-8-5-9-20-36)33-34(2)40-21-10-13-24-43(40)51-45-26-15-12-23-42(45)49-47(51)32-31-46-48(49)41-22-11-14-25-44(41)50(46)39-29-27-37(28-30-39)35-17-6-4-7-18-35/h1,4-30,33H,31-32H2,2H3/b34-33+,38-16+. The topological polar surface area (TPSA) is 9.86 Å². The highest BCUT2D eigenvalue weighted by atomic mass is 15.0. The second-order valence-electron chi connectivity index (χ2n) is 13.2. The number of rotatable bonds is 6. The zero-order chi connectivity index (χ0) is 34.3. The minimum Gasteiger partial charge on any atom is -0.313 e. The van der Waals surface area contributed by atoms with E-state index in [9.17, 15) is 0 Å². The van der Waals surface area contributed by atoms with E-state index in [1.807, 2.05) is 12.1 Å². The van der Waals surface area contributed by atoms with Gasteiger partial charge in [-0.05, 0) is 84.0 Å². The number of terminal acetylenes is 1. The summed E-state index contributed by atoms with van der Waals surface area (Å²) in [5, 5.41) is 2.57. The Morgan fingerprint density at radius 1 is 0.569 bits per heavy atom. The molecule has 0 saturated carbocycles. The van der Waals surface area contributed by atoms with Crippen molar-refractivity contribution < 1.29 is 0 Å². The Kier molecular flexibility index (Phi) is 7.60. The summed E-state index contributed by atoms with van der Waals surface area (Å²) in [6.45, 7) is 2.19. The van der Waals surface area contributed by atoms with Crippen LogP contribution in [0, 0.1) is 12.3 Å². The number of hydrogen-bond acceptors (Lipinski definition) is 0. The van der Waals surface area contributed by atoms with Gasteiger partial charge >= 0.3 is 0 Å². The molecule has 0 radical (unpaired) electrons. The van der Waals surface area contributed by atoms with Crippen molar-refractivity contribution in [3.05, 3.63) is 192 Å². The molecule has 51 heavy (non-hydrogen) atoms. The summed E-state index contributed by atoms with van der Waals surface area (Å²) >= 11 is 0. The van der Waals surface area contributed by atoms with E-state index < -0.39 is 0 Å². The molecule has 2 heterocycles. The third-order valence-electron chi connectivity index (χ3n) is 10.3. The molecule has 8 aromatic rings. The molecule has 2 heteroatoms. The summed E-state index contributed by atoms with van der Waals surface area (Å²) in [7, 11) is 0. The molecule has 242 valence electrons. The first-order chi connectivity index (χ1) is 25.2. The lowest BCUT2D eigenvalue weighted by Crippen LogP contribution is -2.11. The van der Waals surface area contributed by atoms with E-state index in [0.717, 1.165) is 29.6 Å². The van der Waals surface area contributed by atoms with E-state index in [1.165, 1.54) is 72.4 Å². The van der Waals surface area contributed by atoms with Crippen LogP contribution in [0.15, 0.2) is 170 Å². The minimum absolute atomic E-state index is 0.929. The van der Waals surface area contributed by atoms with Crippen LogP contribution in [0.1, 0.15) is 29.4 Å². The van der Waals surface area contributed by atoms with E-state index >= 15 is 0 Å². The van der Waals surface area contributed by atoms with Crippen molar-refractivity contribution >= 4 is 33.0 Å². The van der Waals surface area contributed by atoms with Crippen molar-refractivity contribution in [2.45, 2.75) is 19.8 Å². The number of hydrogen-bond donors (Lipinski definition) is 0. The summed E-state index contributed by atoms with van der Waals surface area (Å²) < 4.78 is 5.02. The van der Waals surface area contributed by atoms with Gasteiger partial charge in [0, 0.05) is 44.5 Å². The van der Waals surface area contributed by atoms with Gasteiger partial charge < -0.3 is 9.13 Å². The Balaban J connectivity index is 1.23. The van der Waals surface area contributed by atoms with E-state index in [1.54, 1.807) is 0 Å². The molecule has 0 amide bonds. The highest BCUT2D eigenvalue weighted by Crippen LogP contribution is 2.48. The Bertz CT molecular complexity index is 2670. The normalized spacial score (nSPS) is 12.9. The fourth-order valence-corrected chi connectivity index (χ4v) is 8.10. The SMILES string of the molecule is C#C/C=C(\C=C(/C)c1ccccc1-n1c2c(c3ccccc31)-c1c(n(-c3ccc(-c4ccccc4)cc3)c3ccccc13)CC2)c1ccccc1. The zero-order valence-electron chi connectivity index (χ0n) is 28.6. The third-order valence-corrected chi connectivity index (χ3v) is 10.3. The Morgan fingerprint density at radius 2 is 1.10 bits per heavy atom. The number of aromatic nitrogens is 2. The van der Waals surface area contributed by atoms with Gasteiger partial charge in [0.25, 0.3) is 0 Å². The van der Waals surface area contributed by atoms with Crippen LogP contribution in [0.4, 0.5) is 0 Å². The lowest BCUT2D eigenvalue weighted by atomic mass is 9.90. The minimum atomic E-state index is 0.929. The molecule has 1 aliphatic rings. The van der Waals surface area contributed by atoms with Gasteiger partial charge in [0.2, 0.25) is 0 Å². The fourth-order valence-electron chi connectivity index (χ4n) is 8.10. The van der Waals surface area contributed by atoms with Gasteiger partial charge in [-0.15, -0.1) is 6.42 Å². The number of allylic oxidation sites excluding steroid dienone is 4. The fraction of sp³-hybridized carbons (Fsp3) is 0.0612. The molecule has 0 spiro atoms. The first kappa shape index (κ1) is 30.5. The first-order valence-corrected chi connectivity index (χ1v) is 17.6. The lowest BCUT2D eigenvalue weighted by Gasteiger charge is -2.21. The predicted molar refractivity (Wildman–Crippen MR) is 215 cm³/mol. The summed E-state index contributed by atoms with van der Waals surface area (Å²) in [6, 6.07) is 56.6. The van der Waals surface area contributed by atoms with Gasteiger partial charge in [0.05, 0.1) is 16.7 Å². The molecule has 2 nitrogen and oxygen atoms in total. The van der Waals surface area contributed by atoms with Crippen LogP contribution in [0.5, 0.6) is 0 Å². The predicted octanol–water partition coefficient (Wildman–Crippen LogP) is 12.1. The quantitative estimate of drug-likeness (QED) is 0.125. The van der Waals surface area contributed by atoms with Gasteiger partial charge in [-0.2, -0.15) is 0 Å². The van der Waals surface area contributed by atoms with Crippen LogP contribution in [-0.4, -0.2) is 9.13 Å². The molecule has 0 unspecified atom stereocenters. The first-order valence-electron chi connectivity index (χ1n) is 17.6. The Labute approximate surface area is 299 Å². The summed E-state index contributed by atoms with van der Waals surface area (Å²) in [5.74, 6) is 2.76. The summed E-state index contributed by atoms with van der Waals surface area (Å²) in [4.78, 5) is 0. The molecule has 0 saturated heterocycles. The molecule has 2 aromatic heterocycles. The average Bonchev–Trinajstić information content (AvgIpc) is 3.71. The van der Waals surface area contributed by atoms with Crippen LogP contribution < -0.4 is 0 Å². The zero-order valence-corrected chi connectivity index (χ0v) is 28.6. The van der Waals surface area contributed by atoms with Crippen molar-refractivity contribution in [2.24, 2.45) is 0 Å². The molecule has 0 bridgehead atoms. The number of para-hydroxylation sites is 3. The van der Waals surface area contributed by atoms with Crippen LogP contribution in [-0.2, 0) is 12.8 Å². The second-order valence-corrected chi connectivity index (χ2v) is 13.2. The molecule has 0 fully saturated rings. The van der Waals surface area contributed by atoms with Crippen LogP contribution in [0.3, 0.4) is 0 Å². The van der Waals surface area contributed by atoms with Crippen LogP contribution >= 0.6 is 0 Å². The van der Waals surface area contributed by atoms with E-state index in [0.29, 0.717) is 0 Å². The molecular formula is C49H36N2. The maximum Gasteiger partial charge on any atom is 0.0538 e. The van der Waals surface area contributed by atoms with E-state index in [4.69, 9.17) is 6.42 Å². The molecule has 6 aromatic carbocycles. The maximum atomic E-state index is 5.81. The molecule has 0 atom stereocenters. The highest BCUT2D eigenvalue weighted by molar-refractivity contribution is 6.10.